The molecule has 1 saturated heterocycles. The molecule has 2 amide bonds. The molecule has 0 aromatic heterocycles. The van der Waals surface area contributed by atoms with Crippen LogP contribution in [0.3, 0.4) is 0 Å². The summed E-state index contributed by atoms with van der Waals surface area (Å²) in [6, 6.07) is 0. The summed E-state index contributed by atoms with van der Waals surface area (Å²) in [5, 5.41) is 2.17. The summed E-state index contributed by atoms with van der Waals surface area (Å²) >= 11 is 0. The number of rotatable bonds is 0. The molecular formula is C6H10N2O2. The minimum atomic E-state index is -0.853. The monoisotopic (exact) mass is 142 g/mol. The highest BCUT2D eigenvalue weighted by molar-refractivity contribution is 6.02. The molecule has 0 aromatic rings. The molecule has 0 radical (unpaired) electrons. The van der Waals surface area contributed by atoms with E-state index in [9.17, 15) is 9.59 Å². The van der Waals surface area contributed by atoms with Crippen molar-refractivity contribution < 1.29 is 9.59 Å². The Morgan fingerprint density at radius 3 is 2.60 bits per heavy atom. The lowest BCUT2D eigenvalue weighted by molar-refractivity contribution is -0.137. The average molecular weight is 142 g/mol. The first-order valence-electron chi connectivity index (χ1n) is 3.15. The predicted molar refractivity (Wildman–Crippen MR) is 35.0 cm³/mol. The van der Waals surface area contributed by atoms with Gasteiger partial charge in [-0.15, -0.1) is 0 Å². The normalized spacial score (nSPS) is 33.8. The van der Waals surface area contributed by atoms with Crippen molar-refractivity contribution in [3.8, 4) is 0 Å². The molecule has 56 valence electrons. The van der Waals surface area contributed by atoms with Crippen LogP contribution in [0.25, 0.3) is 0 Å². The predicted octanol–water partition coefficient (Wildman–Crippen LogP) is -0.860. The maximum Gasteiger partial charge on any atom is 0.246 e. The lowest BCUT2D eigenvalue weighted by Gasteiger charge is -2.26. The lowest BCUT2D eigenvalue weighted by atomic mass is 9.93. The quantitative estimate of drug-likeness (QED) is 0.432. The van der Waals surface area contributed by atoms with Gasteiger partial charge >= 0.3 is 0 Å². The van der Waals surface area contributed by atoms with Gasteiger partial charge in [-0.05, 0) is 13.3 Å². The van der Waals surface area contributed by atoms with Crippen LogP contribution in [0.2, 0.25) is 0 Å². The Kier molecular flexibility index (Phi) is 1.48. The third kappa shape index (κ3) is 1.16. The molecule has 1 rings (SSSR count). The summed E-state index contributed by atoms with van der Waals surface area (Å²) in [6.07, 6.45) is 0.788. The van der Waals surface area contributed by atoms with E-state index in [0.29, 0.717) is 12.8 Å². The van der Waals surface area contributed by atoms with Gasteiger partial charge in [-0.1, -0.05) is 0 Å². The first-order valence-corrected chi connectivity index (χ1v) is 3.15. The zero-order valence-corrected chi connectivity index (χ0v) is 5.81. The summed E-state index contributed by atoms with van der Waals surface area (Å²) in [7, 11) is 0. The second-order valence-electron chi connectivity index (χ2n) is 2.79. The van der Waals surface area contributed by atoms with Crippen LogP contribution < -0.4 is 11.1 Å². The Morgan fingerprint density at radius 2 is 2.20 bits per heavy atom. The number of hydrogen-bond acceptors (Lipinski definition) is 3. The van der Waals surface area contributed by atoms with Gasteiger partial charge in [0, 0.05) is 6.42 Å². The summed E-state index contributed by atoms with van der Waals surface area (Å²) < 4.78 is 0. The fraction of sp³-hybridized carbons (Fsp3) is 0.667. The highest BCUT2D eigenvalue weighted by Crippen LogP contribution is 2.12. The third-order valence-corrected chi connectivity index (χ3v) is 1.64. The smallest absolute Gasteiger partial charge is 0.246 e. The first kappa shape index (κ1) is 7.21. The van der Waals surface area contributed by atoms with Crippen molar-refractivity contribution in [2.45, 2.75) is 25.3 Å². The molecule has 1 unspecified atom stereocenters. The molecule has 1 aliphatic rings. The average Bonchev–Trinajstić information content (AvgIpc) is 1.81. The van der Waals surface area contributed by atoms with Gasteiger partial charge in [0.25, 0.3) is 0 Å². The lowest BCUT2D eigenvalue weighted by Crippen LogP contribution is -2.57. The molecule has 1 heterocycles. The fourth-order valence-corrected chi connectivity index (χ4v) is 0.819. The van der Waals surface area contributed by atoms with E-state index in [1.54, 1.807) is 6.92 Å². The van der Waals surface area contributed by atoms with Crippen LogP contribution in [0.15, 0.2) is 0 Å². The SMILES string of the molecule is CC1(N)CCC(=O)NC1=O. The van der Waals surface area contributed by atoms with Crippen LogP contribution >= 0.6 is 0 Å². The van der Waals surface area contributed by atoms with E-state index in [-0.39, 0.29) is 11.8 Å². The number of hydrogen-bond donors (Lipinski definition) is 2. The van der Waals surface area contributed by atoms with Gasteiger partial charge in [-0.3, -0.25) is 14.9 Å². The molecule has 10 heavy (non-hydrogen) atoms. The molecule has 0 aromatic carbocycles. The highest BCUT2D eigenvalue weighted by atomic mass is 16.2. The van der Waals surface area contributed by atoms with Crippen molar-refractivity contribution in [1.29, 1.82) is 0 Å². The molecule has 3 N–H and O–H groups in total. The van der Waals surface area contributed by atoms with Crippen molar-refractivity contribution in [1.82, 2.24) is 5.32 Å². The maximum absolute atomic E-state index is 10.9. The number of nitrogens with one attached hydrogen (secondary N) is 1. The van der Waals surface area contributed by atoms with E-state index < -0.39 is 5.54 Å². The van der Waals surface area contributed by atoms with Gasteiger partial charge in [0.2, 0.25) is 11.8 Å². The summed E-state index contributed by atoms with van der Waals surface area (Å²) in [6.45, 7) is 1.62. The summed E-state index contributed by atoms with van der Waals surface area (Å²) in [5.41, 5.74) is 4.67. The number of piperidine rings is 1. The Labute approximate surface area is 58.8 Å². The molecule has 0 saturated carbocycles. The zero-order chi connectivity index (χ0) is 7.78. The van der Waals surface area contributed by atoms with Crippen LogP contribution in [0, 0.1) is 0 Å². The molecule has 0 bridgehead atoms. The molecule has 1 aliphatic heterocycles. The second-order valence-corrected chi connectivity index (χ2v) is 2.79. The van der Waals surface area contributed by atoms with Crippen LogP contribution in [0.4, 0.5) is 0 Å². The molecule has 1 atom stereocenters. The van der Waals surface area contributed by atoms with Crippen LogP contribution in [0.5, 0.6) is 0 Å². The van der Waals surface area contributed by atoms with Crippen molar-refractivity contribution in [3.63, 3.8) is 0 Å². The van der Waals surface area contributed by atoms with Gasteiger partial charge in [0.05, 0.1) is 5.54 Å². The standard InChI is InChI=1S/C6H10N2O2/c1-6(7)3-2-4(9)8-5(6)10/h2-3,7H2,1H3,(H,8,9,10). The van der Waals surface area contributed by atoms with E-state index in [2.05, 4.69) is 5.32 Å². The van der Waals surface area contributed by atoms with Gasteiger partial charge in [0.15, 0.2) is 0 Å². The zero-order valence-electron chi connectivity index (χ0n) is 5.81. The number of amides is 2. The summed E-state index contributed by atoms with van der Waals surface area (Å²) in [5.74, 6) is -0.600. The Morgan fingerprint density at radius 1 is 1.60 bits per heavy atom. The largest absolute Gasteiger partial charge is 0.318 e. The molecular weight excluding hydrogens is 132 g/mol. The number of carbonyl (C=O) groups is 2. The van der Waals surface area contributed by atoms with Gasteiger partial charge in [-0.2, -0.15) is 0 Å². The molecule has 0 aliphatic carbocycles. The van der Waals surface area contributed by atoms with E-state index in [1.165, 1.54) is 0 Å². The number of imide groups is 1. The van der Waals surface area contributed by atoms with Crippen molar-refractivity contribution in [2.24, 2.45) is 5.73 Å². The fourth-order valence-electron chi connectivity index (χ4n) is 0.819. The molecule has 4 heteroatoms. The van der Waals surface area contributed by atoms with E-state index in [1.807, 2.05) is 0 Å². The molecule has 4 nitrogen and oxygen atoms in total. The summed E-state index contributed by atoms with van der Waals surface area (Å²) in [4.78, 5) is 21.4. The Hall–Kier alpha value is -0.900. The van der Waals surface area contributed by atoms with Crippen molar-refractivity contribution in [3.05, 3.63) is 0 Å². The van der Waals surface area contributed by atoms with Crippen LogP contribution in [-0.4, -0.2) is 17.4 Å². The minimum absolute atomic E-state index is 0.229. The van der Waals surface area contributed by atoms with Crippen LogP contribution in [-0.2, 0) is 9.59 Å². The Bertz CT molecular complexity index is 186. The molecule has 0 spiro atoms. The van der Waals surface area contributed by atoms with E-state index in [4.69, 9.17) is 5.73 Å². The maximum atomic E-state index is 10.9. The van der Waals surface area contributed by atoms with Gasteiger partial charge < -0.3 is 5.73 Å². The van der Waals surface area contributed by atoms with E-state index >= 15 is 0 Å². The topological polar surface area (TPSA) is 72.2 Å². The van der Waals surface area contributed by atoms with Crippen molar-refractivity contribution >= 4 is 11.8 Å². The minimum Gasteiger partial charge on any atom is -0.318 e. The number of nitrogens with two attached hydrogens (primary N) is 1. The molecule has 1 fully saturated rings. The van der Waals surface area contributed by atoms with Gasteiger partial charge in [0.1, 0.15) is 0 Å². The first-order chi connectivity index (χ1) is 4.52. The highest BCUT2D eigenvalue weighted by Gasteiger charge is 2.34. The second kappa shape index (κ2) is 2.05. The third-order valence-electron chi connectivity index (χ3n) is 1.64. The van der Waals surface area contributed by atoms with Crippen molar-refractivity contribution in [2.75, 3.05) is 0 Å². The van der Waals surface area contributed by atoms with E-state index in [0.717, 1.165) is 0 Å². The Balaban J connectivity index is 2.70. The number of carbonyl (C=O) groups excluding carboxylic acids is 2. The van der Waals surface area contributed by atoms with Gasteiger partial charge in [-0.25, -0.2) is 0 Å². The van der Waals surface area contributed by atoms with Crippen LogP contribution in [0.1, 0.15) is 19.8 Å².